The third kappa shape index (κ3) is 137. The van der Waals surface area contributed by atoms with E-state index < -0.39 is 11.9 Å². The molecule has 0 unspecified atom stereocenters. The molecule has 1 amide bonds. The van der Waals surface area contributed by atoms with Crippen LogP contribution in [0, 0.1) is 0 Å². The number of hydrogen-bond acceptors (Lipinski definition) is 3. The van der Waals surface area contributed by atoms with Gasteiger partial charge in [0.1, 0.15) is 0 Å². The second-order valence-corrected chi connectivity index (χ2v) is 1.17. The van der Waals surface area contributed by atoms with E-state index in [1.807, 2.05) is 0 Å². The molecule has 0 saturated heterocycles. The second-order valence-electron chi connectivity index (χ2n) is 1.17. The molecule has 0 aromatic rings. The van der Waals surface area contributed by atoms with Crippen LogP contribution in [0.4, 0.5) is 0 Å². The molecule has 0 aliphatic heterocycles. The summed E-state index contributed by atoms with van der Waals surface area (Å²) in [6, 6.07) is 0. The van der Waals surface area contributed by atoms with E-state index in [1.54, 1.807) is 0 Å². The molecule has 6 heteroatoms. The first kappa shape index (κ1) is 16.2. The van der Waals surface area contributed by atoms with E-state index in [9.17, 15) is 0 Å². The number of carbonyl (C=O) groups is 3. The molecule has 0 rings (SSSR count). The van der Waals surface area contributed by atoms with Crippen LogP contribution in [0.1, 0.15) is 13.8 Å². The molecule has 11 heavy (non-hydrogen) atoms. The van der Waals surface area contributed by atoms with Gasteiger partial charge in [-0.3, -0.25) is 14.4 Å². The van der Waals surface area contributed by atoms with Gasteiger partial charge < -0.3 is 15.9 Å². The first-order chi connectivity index (χ1) is 4.88. The second kappa shape index (κ2) is 15.8. The molecular formula is C5H11NO5. The number of nitrogens with two attached hydrogens (primary N) is 1. The summed E-state index contributed by atoms with van der Waals surface area (Å²) in [5, 5.41) is 14.8. The summed E-state index contributed by atoms with van der Waals surface area (Å²) < 4.78 is 0. The number of hydrogen-bond donors (Lipinski definition) is 3. The zero-order valence-corrected chi connectivity index (χ0v) is 6.27. The van der Waals surface area contributed by atoms with Gasteiger partial charge in [-0.05, 0) is 0 Å². The molecule has 0 atom stereocenters. The Bertz CT molecular complexity index is 102. The van der Waals surface area contributed by atoms with E-state index >= 15 is 0 Å². The van der Waals surface area contributed by atoms with Crippen molar-refractivity contribution < 1.29 is 24.6 Å². The minimum absolute atomic E-state index is 0.250. The maximum atomic E-state index is 9.00. The van der Waals surface area contributed by atoms with E-state index in [-0.39, 0.29) is 6.41 Å². The smallest absolute Gasteiger partial charge is 0.300 e. The van der Waals surface area contributed by atoms with Crippen molar-refractivity contribution >= 4 is 18.3 Å². The average molecular weight is 165 g/mol. The summed E-state index contributed by atoms with van der Waals surface area (Å²) in [6.07, 6.45) is 0.250. The van der Waals surface area contributed by atoms with Crippen LogP contribution in [0.2, 0.25) is 0 Å². The first-order valence-corrected chi connectivity index (χ1v) is 2.42. The Balaban J connectivity index is -0.0000000886. The summed E-state index contributed by atoms with van der Waals surface area (Å²) in [5.41, 5.74) is 4.17. The molecule has 0 fully saturated rings. The monoisotopic (exact) mass is 165 g/mol. The van der Waals surface area contributed by atoms with Crippen molar-refractivity contribution in [3.8, 4) is 0 Å². The van der Waals surface area contributed by atoms with Crippen molar-refractivity contribution in [3.05, 3.63) is 0 Å². The standard InChI is InChI=1S/2C2H4O2.CH3NO/c2*1-2(3)4;2-1-3/h2*1H3,(H,3,4);1H,(H2,2,3). The molecule has 0 heterocycles. The average Bonchev–Trinajstić information content (AvgIpc) is 1.60. The number of carbonyl (C=O) groups excluding carboxylic acids is 1. The van der Waals surface area contributed by atoms with Gasteiger partial charge in [-0.25, -0.2) is 0 Å². The van der Waals surface area contributed by atoms with Crippen molar-refractivity contribution in [2.45, 2.75) is 13.8 Å². The molecule has 6 nitrogen and oxygen atoms in total. The molecule has 0 aliphatic carbocycles. The van der Waals surface area contributed by atoms with Crippen molar-refractivity contribution in [3.63, 3.8) is 0 Å². The maximum Gasteiger partial charge on any atom is 0.300 e. The van der Waals surface area contributed by atoms with Crippen LogP contribution >= 0.6 is 0 Å². The molecular weight excluding hydrogens is 154 g/mol. The SMILES string of the molecule is CC(=O)O.CC(=O)O.NC=O. The number of amides is 1. The summed E-state index contributed by atoms with van der Waals surface area (Å²) in [4.78, 5) is 26.6. The van der Waals surface area contributed by atoms with Crippen LogP contribution in [0.15, 0.2) is 0 Å². The van der Waals surface area contributed by atoms with E-state index in [0.29, 0.717) is 0 Å². The number of carboxylic acid groups (broad SMARTS) is 2. The van der Waals surface area contributed by atoms with Gasteiger partial charge >= 0.3 is 0 Å². The zero-order valence-electron chi connectivity index (χ0n) is 6.27. The maximum absolute atomic E-state index is 9.00. The normalized spacial score (nSPS) is 5.64. The third-order valence-corrected chi connectivity index (χ3v) is 0. The minimum Gasteiger partial charge on any atom is -0.481 e. The molecule has 0 aromatic heterocycles. The third-order valence-electron chi connectivity index (χ3n) is 0. The lowest BCUT2D eigenvalue weighted by Gasteiger charge is -1.59. The lowest BCUT2D eigenvalue weighted by atomic mass is 10.9. The van der Waals surface area contributed by atoms with Crippen molar-refractivity contribution in [2.24, 2.45) is 5.73 Å². The fourth-order valence-electron chi connectivity index (χ4n) is 0. The van der Waals surface area contributed by atoms with E-state index in [2.05, 4.69) is 5.73 Å². The topological polar surface area (TPSA) is 118 Å². The number of carboxylic acids is 2. The minimum atomic E-state index is -0.833. The number of rotatable bonds is 0. The highest BCUT2D eigenvalue weighted by Gasteiger charge is 1.65. The van der Waals surface area contributed by atoms with Crippen LogP contribution in [-0.2, 0) is 14.4 Å². The van der Waals surface area contributed by atoms with Crippen molar-refractivity contribution in [2.75, 3.05) is 0 Å². The van der Waals surface area contributed by atoms with Crippen LogP contribution in [-0.4, -0.2) is 28.6 Å². The Morgan fingerprint density at radius 2 is 1.18 bits per heavy atom. The number of primary amides is 1. The quantitative estimate of drug-likeness (QED) is 0.409. The van der Waals surface area contributed by atoms with Crippen molar-refractivity contribution in [1.82, 2.24) is 0 Å². The molecule has 4 N–H and O–H groups in total. The van der Waals surface area contributed by atoms with Crippen LogP contribution in [0.5, 0.6) is 0 Å². The predicted molar refractivity (Wildman–Crippen MR) is 36.9 cm³/mol. The molecule has 0 aromatic carbocycles. The Morgan fingerprint density at radius 3 is 1.18 bits per heavy atom. The molecule has 0 bridgehead atoms. The van der Waals surface area contributed by atoms with Gasteiger partial charge in [-0.15, -0.1) is 0 Å². The van der Waals surface area contributed by atoms with E-state index in [4.69, 9.17) is 24.6 Å². The summed E-state index contributed by atoms with van der Waals surface area (Å²) in [7, 11) is 0. The fraction of sp³-hybridized carbons (Fsp3) is 0.400. The molecule has 0 radical (unpaired) electrons. The fourth-order valence-corrected chi connectivity index (χ4v) is 0. The first-order valence-electron chi connectivity index (χ1n) is 2.42. The Morgan fingerprint density at radius 1 is 1.18 bits per heavy atom. The summed E-state index contributed by atoms with van der Waals surface area (Å²) >= 11 is 0. The highest BCUT2D eigenvalue weighted by Crippen LogP contribution is 1.42. The van der Waals surface area contributed by atoms with Gasteiger partial charge in [0, 0.05) is 13.8 Å². The zero-order chi connectivity index (χ0) is 9.86. The summed E-state index contributed by atoms with van der Waals surface area (Å²) in [5.74, 6) is -1.67. The van der Waals surface area contributed by atoms with E-state index in [1.165, 1.54) is 0 Å². The van der Waals surface area contributed by atoms with Gasteiger partial charge in [0.15, 0.2) is 0 Å². The van der Waals surface area contributed by atoms with Gasteiger partial charge in [0.2, 0.25) is 6.41 Å². The number of aliphatic carboxylic acids is 2. The molecule has 0 spiro atoms. The Labute approximate surface area is 63.6 Å². The van der Waals surface area contributed by atoms with Crippen LogP contribution in [0.3, 0.4) is 0 Å². The van der Waals surface area contributed by atoms with Crippen LogP contribution < -0.4 is 5.73 Å². The van der Waals surface area contributed by atoms with Crippen LogP contribution in [0.25, 0.3) is 0 Å². The highest BCUT2D eigenvalue weighted by molar-refractivity contribution is 5.63. The Hall–Kier alpha value is -1.59. The predicted octanol–water partition coefficient (Wildman–Crippen LogP) is -0.717. The lowest BCUT2D eigenvalue weighted by molar-refractivity contribution is -0.135. The van der Waals surface area contributed by atoms with Gasteiger partial charge in [-0.2, -0.15) is 0 Å². The van der Waals surface area contributed by atoms with Gasteiger partial charge in [-0.1, -0.05) is 0 Å². The Kier molecular flexibility index (Phi) is 23.2. The molecule has 66 valence electrons. The molecule has 0 saturated carbocycles. The highest BCUT2D eigenvalue weighted by atomic mass is 16.4. The lowest BCUT2D eigenvalue weighted by Crippen LogP contribution is -1.82. The van der Waals surface area contributed by atoms with Gasteiger partial charge in [0.25, 0.3) is 11.9 Å². The summed E-state index contributed by atoms with van der Waals surface area (Å²) in [6.45, 7) is 2.17. The van der Waals surface area contributed by atoms with Gasteiger partial charge in [0.05, 0.1) is 0 Å². The van der Waals surface area contributed by atoms with Crippen molar-refractivity contribution in [1.29, 1.82) is 0 Å². The van der Waals surface area contributed by atoms with E-state index in [0.717, 1.165) is 13.8 Å². The molecule has 0 aliphatic rings. The largest absolute Gasteiger partial charge is 0.481 e.